The molecule has 25 heavy (non-hydrogen) atoms. The minimum absolute atomic E-state index is 0.0411. The molecule has 0 aliphatic heterocycles. The number of rotatable bonds is 8. The first-order chi connectivity index (χ1) is 12.0. The Balaban J connectivity index is 1.83. The Morgan fingerprint density at radius 1 is 1.20 bits per heavy atom. The zero-order chi connectivity index (χ0) is 18.2. The molecule has 0 spiro atoms. The molecule has 0 saturated carbocycles. The third-order valence-electron chi connectivity index (χ3n) is 3.94. The van der Waals surface area contributed by atoms with Gasteiger partial charge in [0.25, 0.3) is 0 Å². The van der Waals surface area contributed by atoms with Crippen molar-refractivity contribution >= 4 is 0 Å². The van der Waals surface area contributed by atoms with Crippen molar-refractivity contribution in [2.45, 2.75) is 26.0 Å². The maximum atomic E-state index is 10.1. The lowest BCUT2D eigenvalue weighted by molar-refractivity contribution is 0.104. The van der Waals surface area contributed by atoms with Crippen LogP contribution in [0.1, 0.15) is 29.7 Å². The van der Waals surface area contributed by atoms with E-state index in [0.29, 0.717) is 17.9 Å². The number of nitrogens with one attached hydrogen (secondary N) is 1. The molecule has 5 nitrogen and oxygen atoms in total. The Hall–Kier alpha value is -2.55. The minimum Gasteiger partial charge on any atom is -0.496 e. The molecule has 0 fully saturated rings. The molecule has 5 heteroatoms. The van der Waals surface area contributed by atoms with Gasteiger partial charge < -0.3 is 19.9 Å². The zero-order valence-electron chi connectivity index (χ0n) is 14.8. The van der Waals surface area contributed by atoms with Crippen LogP contribution < -0.4 is 14.8 Å². The summed E-state index contributed by atoms with van der Waals surface area (Å²) in [5, 5.41) is 22.2. The van der Waals surface area contributed by atoms with Gasteiger partial charge in [0.05, 0.1) is 18.7 Å². The SMILES string of the molecule is COc1ccc(C)cc1C(C)NCC(O)COc1ccc(C#N)cc1. The van der Waals surface area contributed by atoms with Crippen molar-refractivity contribution in [2.24, 2.45) is 0 Å². The van der Waals surface area contributed by atoms with Gasteiger partial charge in [-0.1, -0.05) is 17.7 Å². The average molecular weight is 340 g/mol. The summed E-state index contributed by atoms with van der Waals surface area (Å²) in [6, 6.07) is 15.0. The van der Waals surface area contributed by atoms with Gasteiger partial charge in [-0.05, 0) is 44.2 Å². The molecule has 0 radical (unpaired) electrons. The second-order valence-electron chi connectivity index (χ2n) is 5.98. The fraction of sp³-hybridized carbons (Fsp3) is 0.350. The lowest BCUT2D eigenvalue weighted by Crippen LogP contribution is -2.33. The lowest BCUT2D eigenvalue weighted by atomic mass is 10.0. The molecule has 2 atom stereocenters. The van der Waals surface area contributed by atoms with Crippen LogP contribution >= 0.6 is 0 Å². The van der Waals surface area contributed by atoms with Gasteiger partial charge in [0.1, 0.15) is 24.2 Å². The first-order valence-electron chi connectivity index (χ1n) is 8.22. The van der Waals surface area contributed by atoms with E-state index in [0.717, 1.165) is 16.9 Å². The van der Waals surface area contributed by atoms with E-state index in [2.05, 4.69) is 17.5 Å². The van der Waals surface area contributed by atoms with Crippen LogP contribution in [0.25, 0.3) is 0 Å². The normalized spacial score (nSPS) is 12.9. The van der Waals surface area contributed by atoms with Crippen molar-refractivity contribution in [2.75, 3.05) is 20.3 Å². The molecule has 2 rings (SSSR count). The van der Waals surface area contributed by atoms with E-state index in [9.17, 15) is 5.11 Å². The minimum atomic E-state index is -0.645. The molecule has 0 bridgehead atoms. The quantitative estimate of drug-likeness (QED) is 0.773. The van der Waals surface area contributed by atoms with Gasteiger partial charge in [-0.25, -0.2) is 0 Å². The molecule has 2 aromatic rings. The summed E-state index contributed by atoms with van der Waals surface area (Å²) in [5.41, 5.74) is 2.80. The lowest BCUT2D eigenvalue weighted by Gasteiger charge is -2.20. The molecular formula is C20H24N2O3. The molecule has 0 saturated heterocycles. The van der Waals surface area contributed by atoms with Crippen molar-refractivity contribution < 1.29 is 14.6 Å². The summed E-state index contributed by atoms with van der Waals surface area (Å²) in [7, 11) is 1.65. The van der Waals surface area contributed by atoms with E-state index in [1.807, 2.05) is 26.0 Å². The predicted octanol–water partition coefficient (Wildman–Crippen LogP) is 2.97. The molecule has 2 N–H and O–H groups in total. The predicted molar refractivity (Wildman–Crippen MR) is 96.8 cm³/mol. The standard InChI is InChI=1S/C20H24N2O3/c1-14-4-9-20(24-3)19(10-14)15(2)22-12-17(23)13-25-18-7-5-16(11-21)6-8-18/h4-10,15,17,22-23H,12-13H2,1-3H3. The summed E-state index contributed by atoms with van der Waals surface area (Å²) >= 11 is 0. The molecule has 0 aliphatic carbocycles. The highest BCUT2D eigenvalue weighted by molar-refractivity contribution is 5.39. The van der Waals surface area contributed by atoms with Gasteiger partial charge >= 0.3 is 0 Å². The van der Waals surface area contributed by atoms with Crippen LogP contribution in [0.3, 0.4) is 0 Å². The van der Waals surface area contributed by atoms with Crippen LogP contribution in [-0.2, 0) is 0 Å². The third kappa shape index (κ3) is 5.49. The second-order valence-corrected chi connectivity index (χ2v) is 5.98. The summed E-state index contributed by atoms with van der Waals surface area (Å²) in [6.07, 6.45) is -0.645. The molecular weight excluding hydrogens is 316 g/mol. The summed E-state index contributed by atoms with van der Waals surface area (Å²) in [4.78, 5) is 0. The molecule has 0 aliphatic rings. The van der Waals surface area contributed by atoms with Crippen LogP contribution in [0.5, 0.6) is 11.5 Å². The molecule has 2 aromatic carbocycles. The van der Waals surface area contributed by atoms with Gasteiger partial charge in [-0.3, -0.25) is 0 Å². The Morgan fingerprint density at radius 2 is 1.92 bits per heavy atom. The van der Waals surface area contributed by atoms with E-state index >= 15 is 0 Å². The van der Waals surface area contributed by atoms with E-state index in [1.54, 1.807) is 31.4 Å². The Labute approximate surface area is 148 Å². The van der Waals surface area contributed by atoms with Gasteiger partial charge in [0, 0.05) is 18.2 Å². The number of hydrogen-bond acceptors (Lipinski definition) is 5. The van der Waals surface area contributed by atoms with Gasteiger partial charge in [-0.2, -0.15) is 5.26 Å². The van der Waals surface area contributed by atoms with Crippen molar-refractivity contribution in [3.63, 3.8) is 0 Å². The summed E-state index contributed by atoms with van der Waals surface area (Å²) in [5.74, 6) is 1.46. The zero-order valence-corrected chi connectivity index (χ0v) is 14.8. The molecule has 0 aromatic heterocycles. The van der Waals surface area contributed by atoms with Gasteiger partial charge in [0.2, 0.25) is 0 Å². The maximum Gasteiger partial charge on any atom is 0.123 e. The highest BCUT2D eigenvalue weighted by Gasteiger charge is 2.13. The number of ether oxygens (including phenoxy) is 2. The molecule has 0 heterocycles. The first kappa shape index (κ1) is 18.8. The Morgan fingerprint density at radius 3 is 2.56 bits per heavy atom. The monoisotopic (exact) mass is 340 g/mol. The van der Waals surface area contributed by atoms with E-state index in [-0.39, 0.29) is 12.6 Å². The number of nitrogens with zero attached hydrogens (tertiary/aromatic N) is 1. The fourth-order valence-corrected chi connectivity index (χ4v) is 2.49. The average Bonchev–Trinajstić information content (AvgIpc) is 2.64. The molecule has 0 amide bonds. The van der Waals surface area contributed by atoms with Gasteiger partial charge in [-0.15, -0.1) is 0 Å². The number of methoxy groups -OCH3 is 1. The Bertz CT molecular complexity index is 723. The van der Waals surface area contributed by atoms with Crippen LogP contribution in [0.15, 0.2) is 42.5 Å². The number of aliphatic hydroxyl groups is 1. The van der Waals surface area contributed by atoms with Crippen LogP contribution in [0.4, 0.5) is 0 Å². The van der Waals surface area contributed by atoms with Gasteiger partial charge in [0.15, 0.2) is 0 Å². The van der Waals surface area contributed by atoms with Crippen molar-refractivity contribution in [1.82, 2.24) is 5.32 Å². The number of benzene rings is 2. The van der Waals surface area contributed by atoms with Crippen molar-refractivity contribution in [3.05, 3.63) is 59.2 Å². The second kappa shape index (κ2) is 9.07. The number of aliphatic hydroxyl groups excluding tert-OH is 1. The van der Waals surface area contributed by atoms with E-state index in [4.69, 9.17) is 14.7 Å². The maximum absolute atomic E-state index is 10.1. The summed E-state index contributed by atoms with van der Waals surface area (Å²) in [6.45, 7) is 4.65. The van der Waals surface area contributed by atoms with Crippen LogP contribution in [-0.4, -0.2) is 31.5 Å². The van der Waals surface area contributed by atoms with Crippen LogP contribution in [0.2, 0.25) is 0 Å². The number of nitriles is 1. The number of hydrogen-bond donors (Lipinski definition) is 2. The van der Waals surface area contributed by atoms with E-state index < -0.39 is 6.10 Å². The van der Waals surface area contributed by atoms with Crippen molar-refractivity contribution in [3.8, 4) is 17.6 Å². The Kier molecular flexibility index (Phi) is 6.81. The van der Waals surface area contributed by atoms with Crippen molar-refractivity contribution in [1.29, 1.82) is 5.26 Å². The van der Waals surface area contributed by atoms with E-state index in [1.165, 1.54) is 0 Å². The number of aryl methyl sites for hydroxylation is 1. The topological polar surface area (TPSA) is 74.5 Å². The highest BCUT2D eigenvalue weighted by Crippen LogP contribution is 2.26. The summed E-state index contributed by atoms with van der Waals surface area (Å²) < 4.78 is 10.9. The highest BCUT2D eigenvalue weighted by atomic mass is 16.5. The fourth-order valence-electron chi connectivity index (χ4n) is 2.49. The molecule has 2 unspecified atom stereocenters. The third-order valence-corrected chi connectivity index (χ3v) is 3.94. The largest absolute Gasteiger partial charge is 0.496 e. The smallest absolute Gasteiger partial charge is 0.123 e. The van der Waals surface area contributed by atoms with Crippen LogP contribution in [0, 0.1) is 18.3 Å². The molecule has 132 valence electrons. The first-order valence-corrected chi connectivity index (χ1v) is 8.22.